The summed E-state index contributed by atoms with van der Waals surface area (Å²) in [7, 11) is 0. The fourth-order valence-electron chi connectivity index (χ4n) is 7.91. The highest BCUT2D eigenvalue weighted by molar-refractivity contribution is 7.91. The van der Waals surface area contributed by atoms with Crippen molar-refractivity contribution >= 4 is 17.3 Å². The molecule has 2 saturated carbocycles. The van der Waals surface area contributed by atoms with Gasteiger partial charge in [-0.25, -0.2) is 4.79 Å². The summed E-state index contributed by atoms with van der Waals surface area (Å²) in [5.74, 6) is -3.79. The molecule has 0 radical (unpaired) electrons. The lowest BCUT2D eigenvalue weighted by molar-refractivity contribution is -0.284. The van der Waals surface area contributed by atoms with Gasteiger partial charge < -0.3 is 35.0 Å². The molecule has 0 saturated heterocycles. The predicted octanol–water partition coefficient (Wildman–Crippen LogP) is 4.44. The van der Waals surface area contributed by atoms with Crippen LogP contribution in [-0.2, 0) is 17.6 Å². The Hall–Kier alpha value is -1.71. The normalized spacial score (nSPS) is 29.0. The molecule has 0 spiro atoms. The topological polar surface area (TPSA) is 142 Å². The zero-order valence-corrected chi connectivity index (χ0v) is 26.1. The third-order valence-electron chi connectivity index (χ3n) is 10.5. The number of aliphatic hydroxyl groups excluding tert-OH is 4. The largest absolute Gasteiger partial charge is 0.616 e. The first-order chi connectivity index (χ1) is 21.1. The van der Waals surface area contributed by atoms with E-state index in [9.17, 15) is 51.7 Å². The minimum atomic E-state index is -5.62. The maximum atomic E-state index is 13.2. The van der Waals surface area contributed by atoms with E-state index in [-0.39, 0.29) is 46.3 Å². The van der Waals surface area contributed by atoms with Crippen LogP contribution in [0.25, 0.3) is 0 Å². The van der Waals surface area contributed by atoms with Gasteiger partial charge in [-0.1, -0.05) is 24.2 Å². The van der Waals surface area contributed by atoms with Crippen LogP contribution in [-0.4, -0.2) is 86.1 Å². The van der Waals surface area contributed by atoms with E-state index in [4.69, 9.17) is 4.74 Å². The van der Waals surface area contributed by atoms with E-state index in [2.05, 4.69) is 12.2 Å². The van der Waals surface area contributed by atoms with Gasteiger partial charge in [0, 0.05) is 6.42 Å². The second-order valence-corrected chi connectivity index (χ2v) is 15.0. The number of nitrogens with one attached hydrogen (secondary N) is 1. The van der Waals surface area contributed by atoms with Crippen molar-refractivity contribution in [3.8, 4) is 5.75 Å². The zero-order chi connectivity index (χ0) is 33.2. The summed E-state index contributed by atoms with van der Waals surface area (Å²) in [6, 6.07) is 5.38. The molecule has 3 aliphatic carbocycles. The molecular weight excluding hydrogens is 625 g/mol. The third-order valence-corrected chi connectivity index (χ3v) is 12.0. The van der Waals surface area contributed by atoms with E-state index >= 15 is 0 Å². The van der Waals surface area contributed by atoms with E-state index < -0.39 is 73.7 Å². The molecule has 1 aromatic carbocycles. The van der Waals surface area contributed by atoms with Gasteiger partial charge in [0.15, 0.2) is 0 Å². The fraction of sp³-hybridized carbons (Fsp3) is 0.774. The lowest BCUT2D eigenvalue weighted by Crippen LogP contribution is -2.57. The first-order valence-electron chi connectivity index (χ1n) is 15.5. The van der Waals surface area contributed by atoms with Gasteiger partial charge in [0.1, 0.15) is 22.8 Å². The number of fused-ring (bicyclic) bond motifs is 5. The summed E-state index contributed by atoms with van der Waals surface area (Å²) in [5, 5.41) is 41.7. The van der Waals surface area contributed by atoms with E-state index in [1.807, 2.05) is 6.07 Å². The summed E-state index contributed by atoms with van der Waals surface area (Å²) < 4.78 is 81.8. The molecule has 3 aliphatic rings. The van der Waals surface area contributed by atoms with E-state index in [0.717, 1.165) is 36.8 Å². The highest BCUT2D eigenvalue weighted by Crippen LogP contribution is 2.62. The van der Waals surface area contributed by atoms with Gasteiger partial charge in [0.05, 0.1) is 25.9 Å². The van der Waals surface area contributed by atoms with Gasteiger partial charge >= 0.3 is 18.2 Å². The highest BCUT2D eigenvalue weighted by atomic mass is 32.2. The number of ether oxygens (including phenoxy) is 1. The summed E-state index contributed by atoms with van der Waals surface area (Å²) in [4.78, 5) is 12.5. The molecule has 0 aromatic heterocycles. The Morgan fingerprint density at radius 1 is 1.07 bits per heavy atom. The number of rotatable bonds is 13. The molecule has 5 N–H and O–H groups in total. The van der Waals surface area contributed by atoms with Crippen molar-refractivity contribution in [1.29, 1.82) is 0 Å². The average Bonchev–Trinajstić information content (AvgIpc) is 3.28. The number of carbonyl (C=O) groups is 1. The number of benzene rings is 1. The minimum absolute atomic E-state index is 0.124. The van der Waals surface area contributed by atoms with Crippen LogP contribution in [0.1, 0.15) is 75.3 Å². The Bertz CT molecular complexity index is 1160. The molecule has 4 rings (SSSR count). The van der Waals surface area contributed by atoms with Crippen LogP contribution in [0.2, 0.25) is 0 Å². The molecule has 8 nitrogen and oxygen atoms in total. The quantitative estimate of drug-likeness (QED) is 0.155. The van der Waals surface area contributed by atoms with Crippen molar-refractivity contribution < 1.29 is 56.5 Å². The first-order valence-corrected chi connectivity index (χ1v) is 17.0. The second-order valence-electron chi connectivity index (χ2n) is 13.3. The molecule has 2 fully saturated rings. The van der Waals surface area contributed by atoms with Gasteiger partial charge in [-0.05, 0) is 104 Å². The van der Waals surface area contributed by atoms with Crippen LogP contribution in [0.5, 0.6) is 5.75 Å². The number of hydrogen-bond donors (Lipinski definition) is 5. The van der Waals surface area contributed by atoms with Crippen molar-refractivity contribution in [3.05, 3.63) is 29.3 Å². The highest BCUT2D eigenvalue weighted by Gasteiger charge is 2.57. The Kier molecular flexibility index (Phi) is 11.4. The number of alkyl halides is 5. The Morgan fingerprint density at radius 2 is 1.73 bits per heavy atom. The van der Waals surface area contributed by atoms with Crippen LogP contribution in [0.4, 0.5) is 26.7 Å². The molecule has 0 heterocycles. The molecule has 1 unspecified atom stereocenters. The second kappa shape index (κ2) is 14.2. The molecule has 0 bridgehead atoms. The summed E-state index contributed by atoms with van der Waals surface area (Å²) in [6.07, 6.45) is -3.78. The number of amides is 1. The van der Waals surface area contributed by atoms with Gasteiger partial charge in [-0.3, -0.25) is 0 Å². The SMILES string of the molecule is C[C@]12CC[C@@H]3c4ccc(OC(=O)NC(CO)(CO)CO)cc4C[C@@H](CCC[S+]([O-])CCCC(F)(F)C(F)(F)F)[C@H]3[C@@H]1CC[C@@H]2O. The first kappa shape index (κ1) is 36.1. The van der Waals surface area contributed by atoms with Crippen molar-refractivity contribution in [2.24, 2.45) is 23.2 Å². The van der Waals surface area contributed by atoms with Crippen LogP contribution in [0.3, 0.4) is 0 Å². The lowest BCUT2D eigenvalue weighted by atomic mass is 9.52. The van der Waals surface area contributed by atoms with Crippen molar-refractivity contribution in [1.82, 2.24) is 5.32 Å². The molecule has 45 heavy (non-hydrogen) atoms. The molecular formula is C31H44F5NO7S. The Balaban J connectivity index is 1.46. The van der Waals surface area contributed by atoms with Crippen molar-refractivity contribution in [3.63, 3.8) is 0 Å². The number of halogens is 5. The molecule has 7 atom stereocenters. The van der Waals surface area contributed by atoms with Crippen LogP contribution in [0, 0.1) is 23.2 Å². The van der Waals surface area contributed by atoms with E-state index in [1.54, 1.807) is 12.1 Å². The lowest BCUT2D eigenvalue weighted by Gasteiger charge is -2.53. The summed E-state index contributed by atoms with van der Waals surface area (Å²) >= 11 is -1.54. The monoisotopic (exact) mass is 669 g/mol. The summed E-state index contributed by atoms with van der Waals surface area (Å²) in [6.45, 7) is 0.0293. The van der Waals surface area contributed by atoms with Gasteiger partial charge in [0.2, 0.25) is 0 Å². The standard InChI is InChI=1S/C31H44F5NO7S/c1-28-11-9-23-22-6-5-21(44-27(42)37-29(16-38,17-39)18-40)15-20(22)14-19(26(23)24(28)7-8-25(28)41)4-2-12-45(43)13-3-10-30(32,33)31(34,35)36/h5-6,15,19,23-26,38-41H,2-4,7-14,16-18H2,1H3,(H,37,42)/t19-,23-,24+,25+,26-,28+,45?/m1/s1. The predicted molar refractivity (Wildman–Crippen MR) is 156 cm³/mol. The Morgan fingerprint density at radius 3 is 2.38 bits per heavy atom. The maximum Gasteiger partial charge on any atom is 0.453 e. The molecule has 256 valence electrons. The van der Waals surface area contributed by atoms with Gasteiger partial charge in [0.25, 0.3) is 0 Å². The van der Waals surface area contributed by atoms with Crippen LogP contribution < -0.4 is 10.1 Å². The number of hydrogen-bond acceptors (Lipinski definition) is 7. The number of aliphatic hydroxyl groups is 4. The van der Waals surface area contributed by atoms with E-state index in [1.165, 1.54) is 0 Å². The fourth-order valence-corrected chi connectivity index (χ4v) is 9.07. The smallest absolute Gasteiger partial charge is 0.453 e. The third kappa shape index (κ3) is 7.72. The molecule has 0 aliphatic heterocycles. The van der Waals surface area contributed by atoms with Gasteiger partial charge in [-0.15, -0.1) is 0 Å². The number of carbonyl (C=O) groups excluding carboxylic acids is 1. The minimum Gasteiger partial charge on any atom is -0.616 e. The maximum absolute atomic E-state index is 13.2. The van der Waals surface area contributed by atoms with Crippen molar-refractivity contribution in [2.45, 2.75) is 94.4 Å². The molecule has 1 aromatic rings. The average molecular weight is 670 g/mol. The summed E-state index contributed by atoms with van der Waals surface area (Å²) in [5.41, 5.74) is 0.242. The molecule has 1 amide bonds. The van der Waals surface area contributed by atoms with E-state index in [0.29, 0.717) is 19.3 Å². The van der Waals surface area contributed by atoms with Crippen molar-refractivity contribution in [2.75, 3.05) is 31.3 Å². The van der Waals surface area contributed by atoms with Gasteiger partial charge in [-0.2, -0.15) is 22.0 Å². The van der Waals surface area contributed by atoms with Crippen LogP contribution in [0.15, 0.2) is 18.2 Å². The zero-order valence-electron chi connectivity index (χ0n) is 25.3. The Labute approximate surface area is 262 Å². The van der Waals surface area contributed by atoms with Crippen LogP contribution >= 0.6 is 0 Å². The molecule has 14 heteroatoms.